The SMILES string of the molecule is CCNc1ccc2c(=O)n(-c3ccc(CC(=O)CS(=O)(=O)c4ccc(Cl)s4)cc3F)cnc2c1. The average molecular weight is 520 g/mol. The molecule has 2 aromatic heterocycles. The first-order chi connectivity index (χ1) is 16.2. The summed E-state index contributed by atoms with van der Waals surface area (Å²) < 4.78 is 41.0. The van der Waals surface area contributed by atoms with Crippen molar-refractivity contribution in [3.63, 3.8) is 0 Å². The summed E-state index contributed by atoms with van der Waals surface area (Å²) >= 11 is 6.65. The second kappa shape index (κ2) is 9.65. The van der Waals surface area contributed by atoms with Gasteiger partial charge in [0.2, 0.25) is 0 Å². The first kappa shape index (κ1) is 24.1. The Morgan fingerprint density at radius 3 is 2.65 bits per heavy atom. The van der Waals surface area contributed by atoms with Crippen LogP contribution in [0.2, 0.25) is 4.34 Å². The lowest BCUT2D eigenvalue weighted by Crippen LogP contribution is -2.20. The van der Waals surface area contributed by atoms with E-state index in [1.807, 2.05) is 6.92 Å². The fraction of sp³-hybridized carbons (Fsp3) is 0.174. The summed E-state index contributed by atoms with van der Waals surface area (Å²) in [6, 6.07) is 11.9. The van der Waals surface area contributed by atoms with Gasteiger partial charge in [-0.3, -0.25) is 14.2 Å². The van der Waals surface area contributed by atoms with Gasteiger partial charge in [-0.15, -0.1) is 11.3 Å². The van der Waals surface area contributed by atoms with Gasteiger partial charge in [0, 0.05) is 18.7 Å². The number of rotatable bonds is 8. The third-order valence-electron chi connectivity index (χ3n) is 5.02. The summed E-state index contributed by atoms with van der Waals surface area (Å²) in [5.41, 5.74) is 1.14. The zero-order valence-electron chi connectivity index (χ0n) is 17.9. The maximum atomic E-state index is 14.9. The third-order valence-corrected chi connectivity index (χ3v) is 8.51. The maximum absolute atomic E-state index is 14.9. The van der Waals surface area contributed by atoms with Crippen molar-refractivity contribution in [3.8, 4) is 5.69 Å². The second-order valence-electron chi connectivity index (χ2n) is 7.50. The molecule has 176 valence electrons. The number of hydrogen-bond acceptors (Lipinski definition) is 7. The largest absolute Gasteiger partial charge is 0.385 e. The van der Waals surface area contributed by atoms with Crippen LogP contribution in [0, 0.1) is 5.82 Å². The second-order valence-corrected chi connectivity index (χ2v) is 11.4. The molecule has 2 aromatic carbocycles. The van der Waals surface area contributed by atoms with Gasteiger partial charge in [-0.25, -0.2) is 17.8 Å². The molecule has 0 fully saturated rings. The summed E-state index contributed by atoms with van der Waals surface area (Å²) in [6.07, 6.45) is 0.982. The number of carbonyl (C=O) groups excluding carboxylic acids is 1. The third kappa shape index (κ3) is 5.03. The lowest BCUT2D eigenvalue weighted by molar-refractivity contribution is -0.116. The van der Waals surface area contributed by atoms with E-state index in [-0.39, 0.29) is 16.3 Å². The summed E-state index contributed by atoms with van der Waals surface area (Å²) in [6.45, 7) is 2.67. The number of hydrogen-bond donors (Lipinski definition) is 1. The molecule has 0 aliphatic carbocycles. The molecule has 0 spiro atoms. The van der Waals surface area contributed by atoms with E-state index in [1.54, 1.807) is 18.2 Å². The van der Waals surface area contributed by atoms with Crippen LogP contribution in [0.25, 0.3) is 16.6 Å². The summed E-state index contributed by atoms with van der Waals surface area (Å²) in [4.78, 5) is 29.5. The Morgan fingerprint density at radius 1 is 1.18 bits per heavy atom. The van der Waals surface area contributed by atoms with Gasteiger partial charge in [0.05, 0.1) is 20.9 Å². The van der Waals surface area contributed by atoms with Crippen molar-refractivity contribution < 1.29 is 17.6 Å². The molecule has 11 heteroatoms. The Balaban J connectivity index is 1.56. The summed E-state index contributed by atoms with van der Waals surface area (Å²) in [5.74, 6) is -2.03. The minimum Gasteiger partial charge on any atom is -0.385 e. The number of thiophene rings is 1. The van der Waals surface area contributed by atoms with Crippen molar-refractivity contribution in [2.75, 3.05) is 17.6 Å². The highest BCUT2D eigenvalue weighted by Gasteiger charge is 2.22. The molecular weight excluding hydrogens is 501 g/mol. The van der Waals surface area contributed by atoms with E-state index in [4.69, 9.17) is 11.6 Å². The molecule has 0 saturated heterocycles. The molecule has 2 heterocycles. The van der Waals surface area contributed by atoms with Gasteiger partial charge in [-0.05, 0) is 55.0 Å². The lowest BCUT2D eigenvalue weighted by atomic mass is 10.1. The van der Waals surface area contributed by atoms with Crippen molar-refractivity contribution in [2.45, 2.75) is 17.6 Å². The molecule has 4 rings (SSSR count). The molecule has 0 unspecified atom stereocenters. The van der Waals surface area contributed by atoms with E-state index in [0.717, 1.165) is 34.2 Å². The number of aromatic nitrogens is 2. The first-order valence-electron chi connectivity index (χ1n) is 10.2. The minimum absolute atomic E-state index is 0.00755. The first-order valence-corrected chi connectivity index (χ1v) is 13.1. The molecule has 4 aromatic rings. The number of benzene rings is 2. The molecule has 0 atom stereocenters. The van der Waals surface area contributed by atoms with E-state index in [9.17, 15) is 22.4 Å². The minimum atomic E-state index is -3.82. The molecule has 0 bridgehead atoms. The Labute approximate surface area is 203 Å². The number of sulfone groups is 1. The van der Waals surface area contributed by atoms with E-state index in [2.05, 4.69) is 10.3 Å². The normalized spacial score (nSPS) is 11.6. The van der Waals surface area contributed by atoms with Crippen LogP contribution in [0.5, 0.6) is 0 Å². The fourth-order valence-corrected chi connectivity index (χ4v) is 6.30. The Kier molecular flexibility index (Phi) is 6.83. The van der Waals surface area contributed by atoms with Crippen molar-refractivity contribution in [2.24, 2.45) is 0 Å². The molecule has 1 N–H and O–H groups in total. The highest BCUT2D eigenvalue weighted by atomic mass is 35.5. The number of nitrogens with zero attached hydrogens (tertiary/aromatic N) is 2. The summed E-state index contributed by atoms with van der Waals surface area (Å²) in [7, 11) is -3.82. The average Bonchev–Trinajstić information content (AvgIpc) is 3.22. The molecule has 0 aliphatic heterocycles. The van der Waals surface area contributed by atoms with Gasteiger partial charge in [0.15, 0.2) is 15.6 Å². The van der Waals surface area contributed by atoms with Crippen LogP contribution in [0.15, 0.2) is 63.9 Å². The zero-order valence-corrected chi connectivity index (χ0v) is 20.3. The van der Waals surface area contributed by atoms with Gasteiger partial charge in [0.1, 0.15) is 22.1 Å². The predicted octanol–water partition coefficient (Wildman–Crippen LogP) is 4.26. The van der Waals surface area contributed by atoms with Gasteiger partial charge < -0.3 is 5.32 Å². The number of nitrogens with one attached hydrogen (secondary N) is 1. The maximum Gasteiger partial charge on any atom is 0.265 e. The van der Waals surface area contributed by atoms with E-state index >= 15 is 0 Å². The van der Waals surface area contributed by atoms with Crippen LogP contribution < -0.4 is 10.9 Å². The standard InChI is InChI=1S/C23H19ClFN3O4S2/c1-2-26-15-4-5-17-19(11-15)27-13-28(23(17)30)20-6-3-14(10-18(20)25)9-16(29)12-34(31,32)22-8-7-21(24)33-22/h3-8,10-11,13,26H,2,9,12H2,1H3. The van der Waals surface area contributed by atoms with E-state index in [0.29, 0.717) is 20.8 Å². The Morgan fingerprint density at radius 2 is 1.97 bits per heavy atom. The van der Waals surface area contributed by atoms with Crippen LogP contribution in [-0.4, -0.2) is 36.0 Å². The fourth-order valence-electron chi connectivity index (χ4n) is 3.49. The number of halogens is 2. The quantitative estimate of drug-likeness (QED) is 0.373. The van der Waals surface area contributed by atoms with Crippen molar-refractivity contribution in [1.29, 1.82) is 0 Å². The monoisotopic (exact) mass is 519 g/mol. The molecule has 7 nitrogen and oxygen atoms in total. The number of anilines is 1. The van der Waals surface area contributed by atoms with E-state index in [1.165, 1.54) is 30.6 Å². The summed E-state index contributed by atoms with van der Waals surface area (Å²) in [5, 5.41) is 3.48. The number of carbonyl (C=O) groups is 1. The van der Waals surface area contributed by atoms with Crippen LogP contribution in [0.1, 0.15) is 12.5 Å². The molecular formula is C23H19ClFN3O4S2. The van der Waals surface area contributed by atoms with Gasteiger partial charge in [0.25, 0.3) is 5.56 Å². The van der Waals surface area contributed by atoms with Crippen LogP contribution in [0.4, 0.5) is 10.1 Å². The van der Waals surface area contributed by atoms with Gasteiger partial charge in [-0.1, -0.05) is 17.7 Å². The topological polar surface area (TPSA) is 98.1 Å². The highest BCUT2D eigenvalue weighted by Crippen LogP contribution is 2.26. The van der Waals surface area contributed by atoms with Crippen LogP contribution in [0.3, 0.4) is 0 Å². The molecule has 0 saturated carbocycles. The van der Waals surface area contributed by atoms with Crippen LogP contribution in [-0.2, 0) is 21.1 Å². The van der Waals surface area contributed by atoms with Crippen molar-refractivity contribution in [3.05, 3.63) is 80.9 Å². The number of Topliss-reactive ketones (excluding diaryl/α,β-unsaturated/α-hetero) is 1. The zero-order chi connectivity index (χ0) is 24.5. The van der Waals surface area contributed by atoms with Gasteiger partial charge >= 0.3 is 0 Å². The van der Waals surface area contributed by atoms with Crippen molar-refractivity contribution >= 4 is 55.1 Å². The molecule has 34 heavy (non-hydrogen) atoms. The molecule has 0 aliphatic rings. The van der Waals surface area contributed by atoms with Crippen molar-refractivity contribution in [1.82, 2.24) is 9.55 Å². The lowest BCUT2D eigenvalue weighted by Gasteiger charge is -2.10. The highest BCUT2D eigenvalue weighted by molar-refractivity contribution is 7.94. The number of ketones is 1. The Bertz CT molecular complexity index is 1560. The smallest absolute Gasteiger partial charge is 0.265 e. The van der Waals surface area contributed by atoms with Gasteiger partial charge in [-0.2, -0.15) is 0 Å². The van der Waals surface area contributed by atoms with Crippen LogP contribution >= 0.6 is 22.9 Å². The molecule has 0 amide bonds. The van der Waals surface area contributed by atoms with E-state index < -0.39 is 32.7 Å². The molecule has 0 radical (unpaired) electrons. The number of fused-ring (bicyclic) bond motifs is 1. The Hall–Kier alpha value is -3.08. The predicted molar refractivity (Wildman–Crippen MR) is 132 cm³/mol.